The third kappa shape index (κ3) is 3.17. The van der Waals surface area contributed by atoms with Crippen LogP contribution in [-0.4, -0.2) is 78.1 Å². The van der Waals surface area contributed by atoms with E-state index in [0.717, 1.165) is 51.4 Å². The molecule has 3 heterocycles. The highest BCUT2D eigenvalue weighted by atomic mass is 16.5. The fourth-order valence-electron chi connectivity index (χ4n) is 3.84. The summed E-state index contributed by atoms with van der Waals surface area (Å²) in [5.74, 6) is 1.77. The first kappa shape index (κ1) is 17.0. The van der Waals surface area contributed by atoms with Crippen molar-refractivity contribution in [2.75, 3.05) is 51.8 Å². The first-order valence-corrected chi connectivity index (χ1v) is 8.68. The van der Waals surface area contributed by atoms with Crippen molar-refractivity contribution < 1.29 is 9.53 Å². The molecular weight excluding hydrogens is 306 g/mol. The monoisotopic (exact) mass is 333 g/mol. The molecule has 0 unspecified atom stereocenters. The molecule has 7 heteroatoms. The highest BCUT2D eigenvalue weighted by Crippen LogP contribution is 2.33. The number of hydrogen-bond acceptors (Lipinski definition) is 6. The topological polar surface area (TPSA) is 61.8 Å². The molecular formula is C17H27N5O2. The number of likely N-dealkylation sites (N-methyl/N-ethyl adjacent to an activating group) is 1. The zero-order chi connectivity index (χ0) is 17.2. The van der Waals surface area contributed by atoms with Crippen LogP contribution in [0, 0.1) is 0 Å². The molecule has 2 saturated heterocycles. The Labute approximate surface area is 143 Å². The smallest absolute Gasteiger partial charge is 0.222 e. The molecule has 3 rings (SSSR count). The molecule has 1 aromatic rings. The number of hydrogen-bond donors (Lipinski definition) is 0. The summed E-state index contributed by atoms with van der Waals surface area (Å²) in [5, 5.41) is 0. The molecule has 0 aromatic carbocycles. The van der Waals surface area contributed by atoms with Crippen LogP contribution in [0.3, 0.4) is 0 Å². The lowest BCUT2D eigenvalue weighted by Crippen LogP contribution is -2.61. The maximum Gasteiger partial charge on any atom is 0.222 e. The number of carbonyl (C=O) groups excluding carboxylic acids is 1. The number of carbonyl (C=O) groups is 1. The van der Waals surface area contributed by atoms with E-state index >= 15 is 0 Å². The largest absolute Gasteiger partial charge is 0.481 e. The number of ether oxygens (including phenoxy) is 1. The van der Waals surface area contributed by atoms with Gasteiger partial charge in [-0.25, -0.2) is 9.97 Å². The zero-order valence-corrected chi connectivity index (χ0v) is 14.9. The highest BCUT2D eigenvalue weighted by Gasteiger charge is 2.42. The zero-order valence-electron chi connectivity index (χ0n) is 14.9. The average molecular weight is 333 g/mol. The van der Waals surface area contributed by atoms with E-state index in [1.54, 1.807) is 13.4 Å². The van der Waals surface area contributed by atoms with Gasteiger partial charge in [0, 0.05) is 50.7 Å². The van der Waals surface area contributed by atoms with Crippen molar-refractivity contribution in [2.24, 2.45) is 0 Å². The van der Waals surface area contributed by atoms with Crippen LogP contribution in [-0.2, 0) is 4.79 Å². The second kappa shape index (κ2) is 6.93. The second-order valence-corrected chi connectivity index (χ2v) is 6.71. The SMILES string of the molecule is CCN1CC[C@]2(CCC1=O)CN(c1cc(OC)ncn1)CCN2C. The Kier molecular flexibility index (Phi) is 4.89. The average Bonchev–Trinajstić information content (AvgIpc) is 2.77. The standard InChI is InChI=1S/C17H27N5O2/c1-4-21-8-7-17(6-5-16(21)23)12-22(10-9-20(17)2)14-11-15(24-3)19-13-18-14/h11,13H,4-10,12H2,1-3H3/t17-/m1/s1. The highest BCUT2D eigenvalue weighted by molar-refractivity contribution is 5.76. The minimum Gasteiger partial charge on any atom is -0.481 e. The van der Waals surface area contributed by atoms with Gasteiger partial charge >= 0.3 is 0 Å². The van der Waals surface area contributed by atoms with E-state index in [-0.39, 0.29) is 11.4 Å². The number of amides is 1. The second-order valence-electron chi connectivity index (χ2n) is 6.71. The van der Waals surface area contributed by atoms with E-state index in [1.807, 2.05) is 11.0 Å². The Balaban J connectivity index is 1.81. The molecule has 0 N–H and O–H groups in total. The van der Waals surface area contributed by atoms with E-state index < -0.39 is 0 Å². The Morgan fingerprint density at radius 3 is 2.83 bits per heavy atom. The fourth-order valence-corrected chi connectivity index (χ4v) is 3.84. The van der Waals surface area contributed by atoms with Gasteiger partial charge in [0.05, 0.1) is 7.11 Å². The Bertz CT molecular complexity index is 596. The van der Waals surface area contributed by atoms with Crippen LogP contribution in [0.5, 0.6) is 5.88 Å². The number of anilines is 1. The minimum absolute atomic E-state index is 0.0238. The molecule has 7 nitrogen and oxygen atoms in total. The third-order valence-corrected chi connectivity index (χ3v) is 5.55. The van der Waals surface area contributed by atoms with Crippen LogP contribution < -0.4 is 9.64 Å². The molecule has 0 aliphatic carbocycles. The summed E-state index contributed by atoms with van der Waals surface area (Å²) in [7, 11) is 3.80. The number of rotatable bonds is 3. The number of aromatic nitrogens is 2. The van der Waals surface area contributed by atoms with E-state index in [0.29, 0.717) is 12.3 Å². The van der Waals surface area contributed by atoms with Crippen LogP contribution in [0.15, 0.2) is 12.4 Å². The van der Waals surface area contributed by atoms with Gasteiger partial charge in [0.15, 0.2) is 0 Å². The van der Waals surface area contributed by atoms with Gasteiger partial charge in [0.25, 0.3) is 0 Å². The van der Waals surface area contributed by atoms with Gasteiger partial charge < -0.3 is 14.5 Å². The van der Waals surface area contributed by atoms with Crippen molar-refractivity contribution in [3.05, 3.63) is 12.4 Å². The summed E-state index contributed by atoms with van der Waals surface area (Å²) in [5.41, 5.74) is 0.0238. The molecule has 2 fully saturated rings. The maximum atomic E-state index is 12.3. The number of piperazine rings is 1. The molecule has 2 aliphatic rings. The van der Waals surface area contributed by atoms with Gasteiger partial charge in [0.1, 0.15) is 12.1 Å². The van der Waals surface area contributed by atoms with Gasteiger partial charge in [-0.3, -0.25) is 9.69 Å². The van der Waals surface area contributed by atoms with Crippen molar-refractivity contribution in [3.63, 3.8) is 0 Å². The molecule has 1 atom stereocenters. The molecule has 1 spiro atoms. The van der Waals surface area contributed by atoms with Crippen LogP contribution in [0.2, 0.25) is 0 Å². The Morgan fingerprint density at radius 1 is 1.25 bits per heavy atom. The summed E-state index contributed by atoms with van der Waals surface area (Å²) in [4.78, 5) is 27.5. The van der Waals surface area contributed by atoms with Gasteiger partial charge in [-0.05, 0) is 26.8 Å². The Morgan fingerprint density at radius 2 is 2.08 bits per heavy atom. The quantitative estimate of drug-likeness (QED) is 0.823. The number of methoxy groups -OCH3 is 1. The van der Waals surface area contributed by atoms with Crippen molar-refractivity contribution in [3.8, 4) is 5.88 Å². The van der Waals surface area contributed by atoms with Gasteiger partial charge in [0.2, 0.25) is 11.8 Å². The van der Waals surface area contributed by atoms with E-state index in [9.17, 15) is 4.79 Å². The minimum atomic E-state index is 0.0238. The van der Waals surface area contributed by atoms with Gasteiger partial charge in [-0.1, -0.05) is 0 Å². The van der Waals surface area contributed by atoms with Crippen LogP contribution in [0.4, 0.5) is 5.82 Å². The van der Waals surface area contributed by atoms with Crippen LogP contribution >= 0.6 is 0 Å². The molecule has 1 amide bonds. The first-order chi connectivity index (χ1) is 11.6. The van der Waals surface area contributed by atoms with Crippen molar-refractivity contribution in [1.82, 2.24) is 19.8 Å². The van der Waals surface area contributed by atoms with E-state index in [2.05, 4.69) is 33.7 Å². The molecule has 0 saturated carbocycles. The molecule has 0 radical (unpaired) electrons. The third-order valence-electron chi connectivity index (χ3n) is 5.55. The lowest BCUT2D eigenvalue weighted by Gasteiger charge is -2.49. The predicted molar refractivity (Wildman–Crippen MR) is 92.3 cm³/mol. The maximum absolute atomic E-state index is 12.3. The summed E-state index contributed by atoms with van der Waals surface area (Å²) in [6, 6.07) is 1.89. The van der Waals surface area contributed by atoms with Crippen LogP contribution in [0.1, 0.15) is 26.2 Å². The molecule has 132 valence electrons. The Hall–Kier alpha value is -1.89. The summed E-state index contributed by atoms with van der Waals surface area (Å²) >= 11 is 0. The van der Waals surface area contributed by atoms with E-state index in [1.165, 1.54) is 0 Å². The fraction of sp³-hybridized carbons (Fsp3) is 0.706. The van der Waals surface area contributed by atoms with Crippen molar-refractivity contribution in [2.45, 2.75) is 31.7 Å². The van der Waals surface area contributed by atoms with E-state index in [4.69, 9.17) is 4.74 Å². The predicted octanol–water partition coefficient (Wildman–Crippen LogP) is 1.01. The number of likely N-dealkylation sites (tertiary alicyclic amines) is 1. The lowest BCUT2D eigenvalue weighted by molar-refractivity contribution is -0.130. The summed E-state index contributed by atoms with van der Waals surface area (Å²) in [6.45, 7) is 6.46. The first-order valence-electron chi connectivity index (χ1n) is 8.68. The van der Waals surface area contributed by atoms with Crippen molar-refractivity contribution in [1.29, 1.82) is 0 Å². The number of nitrogens with zero attached hydrogens (tertiary/aromatic N) is 5. The van der Waals surface area contributed by atoms with Gasteiger partial charge in [-0.15, -0.1) is 0 Å². The summed E-state index contributed by atoms with van der Waals surface area (Å²) < 4.78 is 5.23. The molecule has 2 aliphatic heterocycles. The molecule has 24 heavy (non-hydrogen) atoms. The van der Waals surface area contributed by atoms with Gasteiger partial charge in [-0.2, -0.15) is 0 Å². The van der Waals surface area contributed by atoms with Crippen molar-refractivity contribution >= 4 is 11.7 Å². The normalized spacial score (nSPS) is 25.9. The summed E-state index contributed by atoms with van der Waals surface area (Å²) in [6.07, 6.45) is 4.08. The lowest BCUT2D eigenvalue weighted by atomic mass is 9.86. The molecule has 1 aromatic heterocycles. The molecule has 0 bridgehead atoms. The van der Waals surface area contributed by atoms with Crippen LogP contribution in [0.25, 0.3) is 0 Å².